The number of hydrogen-bond donors (Lipinski definition) is 1. The quantitative estimate of drug-likeness (QED) is 0.547. The van der Waals surface area contributed by atoms with Crippen molar-refractivity contribution in [2.75, 3.05) is 23.8 Å². The third-order valence-corrected chi connectivity index (χ3v) is 1.70. The van der Waals surface area contributed by atoms with E-state index >= 15 is 0 Å². The van der Waals surface area contributed by atoms with Crippen molar-refractivity contribution >= 4 is 11.6 Å². The van der Waals surface area contributed by atoms with E-state index in [0.29, 0.717) is 5.82 Å². The Bertz CT molecular complexity index is 317. The van der Waals surface area contributed by atoms with Crippen LogP contribution in [-0.4, -0.2) is 23.6 Å². The van der Waals surface area contributed by atoms with E-state index in [1.807, 2.05) is 25.1 Å². The number of aromatic nitrogens is 2. The summed E-state index contributed by atoms with van der Waals surface area (Å²) in [6.45, 7) is 2.89. The maximum Gasteiger partial charge on any atom is 0.182 e. The summed E-state index contributed by atoms with van der Waals surface area (Å²) in [5, 5.41) is 10.8. The first-order valence-electron chi connectivity index (χ1n) is 3.96. The Morgan fingerprint density at radius 1 is 1.62 bits per heavy atom. The van der Waals surface area contributed by atoms with Gasteiger partial charge in [0.15, 0.2) is 6.19 Å². The van der Waals surface area contributed by atoms with Gasteiger partial charge >= 0.3 is 0 Å². The molecule has 0 unspecified atom stereocenters. The van der Waals surface area contributed by atoms with Crippen LogP contribution in [0.5, 0.6) is 0 Å². The summed E-state index contributed by atoms with van der Waals surface area (Å²) in [5.74, 6) is 1.32. The lowest BCUT2D eigenvalue weighted by atomic mass is 10.5. The number of anilines is 2. The normalized spacial score (nSPS) is 9.00. The molecule has 1 N–H and O–H groups in total. The van der Waals surface area contributed by atoms with Crippen LogP contribution >= 0.6 is 0 Å². The highest BCUT2D eigenvalue weighted by atomic mass is 15.2. The molecule has 13 heavy (non-hydrogen) atoms. The standard InChI is InChI=1S/C8H11N5/c1-3-13(2)8-4-7(10-5-9)11-6-12-8/h4,6H,3H2,1-2H3,(H,10,11,12). The van der Waals surface area contributed by atoms with Crippen molar-refractivity contribution in [2.45, 2.75) is 6.92 Å². The van der Waals surface area contributed by atoms with Crippen molar-refractivity contribution in [1.82, 2.24) is 9.97 Å². The summed E-state index contributed by atoms with van der Waals surface area (Å²) in [5.41, 5.74) is 0. The van der Waals surface area contributed by atoms with Gasteiger partial charge in [-0.25, -0.2) is 9.97 Å². The summed E-state index contributed by atoms with van der Waals surface area (Å²) in [7, 11) is 1.93. The van der Waals surface area contributed by atoms with Crippen molar-refractivity contribution in [3.63, 3.8) is 0 Å². The summed E-state index contributed by atoms with van der Waals surface area (Å²) in [6, 6.07) is 1.73. The molecule has 68 valence electrons. The van der Waals surface area contributed by atoms with E-state index in [-0.39, 0.29) is 0 Å². The van der Waals surface area contributed by atoms with Crippen molar-refractivity contribution in [3.05, 3.63) is 12.4 Å². The van der Waals surface area contributed by atoms with Crippen molar-refractivity contribution in [2.24, 2.45) is 0 Å². The Kier molecular flexibility index (Phi) is 3.03. The first kappa shape index (κ1) is 9.26. The number of hydrogen-bond acceptors (Lipinski definition) is 5. The predicted octanol–water partition coefficient (Wildman–Crippen LogP) is 0.826. The summed E-state index contributed by atoms with van der Waals surface area (Å²) < 4.78 is 0. The Hall–Kier alpha value is -1.83. The van der Waals surface area contributed by atoms with E-state index in [1.165, 1.54) is 6.33 Å². The second-order valence-electron chi connectivity index (χ2n) is 2.51. The van der Waals surface area contributed by atoms with E-state index in [0.717, 1.165) is 12.4 Å². The minimum Gasteiger partial charge on any atom is -0.360 e. The van der Waals surface area contributed by atoms with E-state index in [9.17, 15) is 0 Å². The van der Waals surface area contributed by atoms with Gasteiger partial charge in [0.05, 0.1) is 0 Å². The van der Waals surface area contributed by atoms with Crippen molar-refractivity contribution in [3.8, 4) is 6.19 Å². The Balaban J connectivity index is 2.86. The molecule has 0 atom stereocenters. The van der Waals surface area contributed by atoms with Gasteiger partial charge in [0.25, 0.3) is 0 Å². The van der Waals surface area contributed by atoms with Gasteiger partial charge in [0.2, 0.25) is 0 Å². The highest BCUT2D eigenvalue weighted by molar-refractivity contribution is 5.49. The number of nitriles is 1. The number of nitrogens with zero attached hydrogens (tertiary/aromatic N) is 4. The number of nitrogens with one attached hydrogen (secondary N) is 1. The minimum atomic E-state index is 0.521. The fourth-order valence-corrected chi connectivity index (χ4v) is 0.843. The predicted molar refractivity (Wildman–Crippen MR) is 50.2 cm³/mol. The van der Waals surface area contributed by atoms with Gasteiger partial charge in [-0.05, 0) is 6.92 Å². The fraction of sp³-hybridized carbons (Fsp3) is 0.375. The van der Waals surface area contributed by atoms with Crippen molar-refractivity contribution in [1.29, 1.82) is 5.26 Å². The molecule has 0 aromatic carbocycles. The fourth-order valence-electron chi connectivity index (χ4n) is 0.843. The molecule has 0 saturated carbocycles. The lowest BCUT2D eigenvalue weighted by Gasteiger charge is -2.14. The van der Waals surface area contributed by atoms with E-state index in [2.05, 4.69) is 15.3 Å². The van der Waals surface area contributed by atoms with Crippen LogP contribution in [0.3, 0.4) is 0 Å². The summed E-state index contributed by atoms with van der Waals surface area (Å²) in [4.78, 5) is 9.89. The zero-order valence-corrected chi connectivity index (χ0v) is 7.65. The topological polar surface area (TPSA) is 64.8 Å². The SMILES string of the molecule is CCN(C)c1cc(NC#N)ncn1. The molecule has 0 aliphatic heterocycles. The first-order valence-corrected chi connectivity index (χ1v) is 3.96. The lowest BCUT2D eigenvalue weighted by molar-refractivity contribution is 0.930. The smallest absolute Gasteiger partial charge is 0.182 e. The zero-order valence-electron chi connectivity index (χ0n) is 7.65. The molecule has 0 amide bonds. The van der Waals surface area contributed by atoms with Crippen molar-refractivity contribution < 1.29 is 0 Å². The van der Waals surface area contributed by atoms with Gasteiger partial charge in [-0.15, -0.1) is 0 Å². The van der Waals surface area contributed by atoms with Crippen LogP contribution in [0.2, 0.25) is 0 Å². The maximum absolute atomic E-state index is 8.37. The van der Waals surface area contributed by atoms with Gasteiger partial charge in [-0.2, -0.15) is 5.26 Å². The highest BCUT2D eigenvalue weighted by Gasteiger charge is 2.00. The molecule has 0 fully saturated rings. The van der Waals surface area contributed by atoms with Crippen LogP contribution in [0.25, 0.3) is 0 Å². The van der Waals surface area contributed by atoms with Crippen LogP contribution in [0.1, 0.15) is 6.92 Å². The third-order valence-electron chi connectivity index (χ3n) is 1.70. The van der Waals surface area contributed by atoms with Gasteiger partial charge in [-0.1, -0.05) is 0 Å². The molecule has 0 spiro atoms. The van der Waals surface area contributed by atoms with Gasteiger partial charge in [0.1, 0.15) is 18.0 Å². The van der Waals surface area contributed by atoms with Crippen LogP contribution in [0.4, 0.5) is 11.6 Å². The van der Waals surface area contributed by atoms with E-state index < -0.39 is 0 Å². The average Bonchev–Trinajstić information content (AvgIpc) is 2.18. The molecule has 0 aliphatic carbocycles. The molecular formula is C8H11N5. The summed E-state index contributed by atoms with van der Waals surface area (Å²) >= 11 is 0. The second-order valence-corrected chi connectivity index (χ2v) is 2.51. The molecule has 1 rings (SSSR count). The Labute approximate surface area is 77.0 Å². The minimum absolute atomic E-state index is 0.521. The molecule has 1 heterocycles. The Morgan fingerprint density at radius 3 is 3.00 bits per heavy atom. The van der Waals surface area contributed by atoms with Crippen LogP contribution in [0, 0.1) is 11.5 Å². The maximum atomic E-state index is 8.37. The molecular weight excluding hydrogens is 166 g/mol. The lowest BCUT2D eigenvalue weighted by Crippen LogP contribution is -2.17. The Morgan fingerprint density at radius 2 is 2.38 bits per heavy atom. The second kappa shape index (κ2) is 4.26. The van der Waals surface area contributed by atoms with Crippen LogP contribution in [0.15, 0.2) is 12.4 Å². The third kappa shape index (κ3) is 2.30. The molecule has 1 aromatic rings. The van der Waals surface area contributed by atoms with Gasteiger partial charge < -0.3 is 4.90 Å². The first-order chi connectivity index (χ1) is 6.27. The molecule has 5 nitrogen and oxygen atoms in total. The van der Waals surface area contributed by atoms with E-state index in [4.69, 9.17) is 5.26 Å². The largest absolute Gasteiger partial charge is 0.360 e. The van der Waals surface area contributed by atoms with E-state index in [1.54, 1.807) is 6.07 Å². The monoisotopic (exact) mass is 177 g/mol. The average molecular weight is 177 g/mol. The molecule has 0 aliphatic rings. The molecule has 0 bridgehead atoms. The molecule has 0 radical (unpaired) electrons. The van der Waals surface area contributed by atoms with Gasteiger partial charge in [0, 0.05) is 19.7 Å². The molecule has 0 saturated heterocycles. The zero-order chi connectivity index (χ0) is 9.68. The summed E-state index contributed by atoms with van der Waals surface area (Å²) in [6.07, 6.45) is 3.24. The number of rotatable bonds is 3. The molecule has 5 heteroatoms. The molecule has 1 aromatic heterocycles. The van der Waals surface area contributed by atoms with Crippen LogP contribution < -0.4 is 10.2 Å². The van der Waals surface area contributed by atoms with Gasteiger partial charge in [-0.3, -0.25) is 5.32 Å². The highest BCUT2D eigenvalue weighted by Crippen LogP contribution is 2.11. The van der Waals surface area contributed by atoms with Crippen LogP contribution in [-0.2, 0) is 0 Å².